The van der Waals surface area contributed by atoms with E-state index < -0.39 is 17.5 Å². The van der Waals surface area contributed by atoms with Gasteiger partial charge in [0.05, 0.1) is 0 Å². The van der Waals surface area contributed by atoms with Crippen molar-refractivity contribution in [1.29, 1.82) is 0 Å². The molecule has 0 atom stereocenters. The number of hydrogen-bond donors (Lipinski definition) is 1. The lowest BCUT2D eigenvalue weighted by atomic mass is 10.0. The molecule has 17 heavy (non-hydrogen) atoms. The maximum atomic E-state index is 13.6. The SMILES string of the molecule is Cc1ccnc(N)c1-c1ccc(F)c(F)c1F. The van der Waals surface area contributed by atoms with Gasteiger partial charge < -0.3 is 5.73 Å². The second kappa shape index (κ2) is 4.08. The largest absolute Gasteiger partial charge is 0.383 e. The van der Waals surface area contributed by atoms with Crippen LogP contribution in [0.5, 0.6) is 0 Å². The Bertz CT molecular complexity index is 562. The molecule has 0 radical (unpaired) electrons. The molecule has 5 heteroatoms. The van der Waals surface area contributed by atoms with Gasteiger partial charge in [-0.2, -0.15) is 0 Å². The van der Waals surface area contributed by atoms with Crippen LogP contribution in [0.1, 0.15) is 5.56 Å². The summed E-state index contributed by atoms with van der Waals surface area (Å²) in [6.07, 6.45) is 1.46. The maximum absolute atomic E-state index is 13.6. The molecule has 1 heterocycles. The number of hydrogen-bond acceptors (Lipinski definition) is 2. The second-order valence-corrected chi connectivity index (χ2v) is 3.61. The molecule has 1 aromatic carbocycles. The van der Waals surface area contributed by atoms with Crippen LogP contribution in [0, 0.1) is 24.4 Å². The van der Waals surface area contributed by atoms with E-state index in [1.165, 1.54) is 6.20 Å². The average Bonchev–Trinajstić information content (AvgIpc) is 2.29. The first-order valence-electron chi connectivity index (χ1n) is 4.87. The van der Waals surface area contributed by atoms with E-state index in [1.807, 2.05) is 0 Å². The summed E-state index contributed by atoms with van der Waals surface area (Å²) in [5.74, 6) is -3.92. The van der Waals surface area contributed by atoms with Crippen molar-refractivity contribution in [2.75, 3.05) is 5.73 Å². The highest BCUT2D eigenvalue weighted by atomic mass is 19.2. The zero-order valence-electron chi connectivity index (χ0n) is 8.97. The van der Waals surface area contributed by atoms with Gasteiger partial charge in [0.1, 0.15) is 5.82 Å². The maximum Gasteiger partial charge on any atom is 0.195 e. The number of nitrogen functional groups attached to an aromatic ring is 1. The zero-order valence-corrected chi connectivity index (χ0v) is 8.97. The standard InChI is InChI=1S/C12H9F3N2/c1-6-4-5-17-12(16)9(6)7-2-3-8(13)11(15)10(7)14/h2-5H,1H3,(H2,16,17). The predicted octanol–water partition coefficient (Wildman–Crippen LogP) is 3.06. The first-order chi connectivity index (χ1) is 8.02. The second-order valence-electron chi connectivity index (χ2n) is 3.61. The molecule has 0 aliphatic heterocycles. The van der Waals surface area contributed by atoms with Gasteiger partial charge in [0.15, 0.2) is 17.5 Å². The van der Waals surface area contributed by atoms with Crippen LogP contribution < -0.4 is 5.73 Å². The molecule has 0 aliphatic carbocycles. The summed E-state index contributed by atoms with van der Waals surface area (Å²) in [6, 6.07) is 3.63. The summed E-state index contributed by atoms with van der Waals surface area (Å²) >= 11 is 0. The third kappa shape index (κ3) is 1.84. The Morgan fingerprint density at radius 2 is 1.76 bits per heavy atom. The van der Waals surface area contributed by atoms with Gasteiger partial charge in [-0.15, -0.1) is 0 Å². The topological polar surface area (TPSA) is 38.9 Å². The Balaban J connectivity index is 2.74. The molecule has 0 unspecified atom stereocenters. The number of benzene rings is 1. The molecule has 1 aromatic heterocycles. The quantitative estimate of drug-likeness (QED) is 0.775. The van der Waals surface area contributed by atoms with E-state index in [1.54, 1.807) is 13.0 Å². The van der Waals surface area contributed by atoms with Crippen LogP contribution in [0.25, 0.3) is 11.1 Å². The van der Waals surface area contributed by atoms with E-state index in [9.17, 15) is 13.2 Å². The summed E-state index contributed by atoms with van der Waals surface area (Å²) in [6.45, 7) is 1.69. The lowest BCUT2D eigenvalue weighted by Crippen LogP contribution is -2.00. The van der Waals surface area contributed by atoms with Crippen LogP contribution in [-0.2, 0) is 0 Å². The van der Waals surface area contributed by atoms with E-state index >= 15 is 0 Å². The van der Waals surface area contributed by atoms with Gasteiger partial charge in [0, 0.05) is 17.3 Å². The molecular weight excluding hydrogens is 229 g/mol. The predicted molar refractivity (Wildman–Crippen MR) is 58.7 cm³/mol. The zero-order chi connectivity index (χ0) is 12.6. The van der Waals surface area contributed by atoms with Crippen LogP contribution in [0.3, 0.4) is 0 Å². The molecule has 0 bridgehead atoms. The highest BCUT2D eigenvalue weighted by Crippen LogP contribution is 2.31. The molecule has 0 fully saturated rings. The van der Waals surface area contributed by atoms with Crippen molar-refractivity contribution in [3.05, 3.63) is 47.4 Å². The number of nitrogens with two attached hydrogens (primary N) is 1. The lowest BCUT2D eigenvalue weighted by Gasteiger charge is -2.10. The minimum Gasteiger partial charge on any atom is -0.383 e. The van der Waals surface area contributed by atoms with Crippen LogP contribution >= 0.6 is 0 Å². The molecule has 0 saturated carbocycles. The number of pyridine rings is 1. The highest BCUT2D eigenvalue weighted by molar-refractivity contribution is 5.77. The molecule has 88 valence electrons. The Hall–Kier alpha value is -2.04. The Labute approximate surface area is 95.9 Å². The highest BCUT2D eigenvalue weighted by Gasteiger charge is 2.17. The Kier molecular flexibility index (Phi) is 2.75. The minimum absolute atomic E-state index is 0.0786. The van der Waals surface area contributed by atoms with Crippen molar-refractivity contribution < 1.29 is 13.2 Å². The number of aryl methyl sites for hydroxylation is 1. The summed E-state index contributed by atoms with van der Waals surface area (Å²) in [7, 11) is 0. The van der Waals surface area contributed by atoms with Gasteiger partial charge in [-0.05, 0) is 30.7 Å². The van der Waals surface area contributed by atoms with Crippen molar-refractivity contribution in [1.82, 2.24) is 4.98 Å². The average molecular weight is 238 g/mol. The van der Waals surface area contributed by atoms with Crippen molar-refractivity contribution in [3.8, 4) is 11.1 Å². The normalized spacial score (nSPS) is 10.6. The van der Waals surface area contributed by atoms with E-state index in [0.717, 1.165) is 12.1 Å². The monoisotopic (exact) mass is 238 g/mol. The molecule has 0 saturated heterocycles. The van der Waals surface area contributed by atoms with Gasteiger partial charge in [0.25, 0.3) is 0 Å². The molecule has 2 aromatic rings. The number of aromatic nitrogens is 1. The fourth-order valence-electron chi connectivity index (χ4n) is 1.65. The van der Waals surface area contributed by atoms with Gasteiger partial charge in [-0.25, -0.2) is 18.2 Å². The first-order valence-corrected chi connectivity index (χ1v) is 4.87. The van der Waals surface area contributed by atoms with Crippen LogP contribution in [0.4, 0.5) is 19.0 Å². The molecule has 2 nitrogen and oxygen atoms in total. The molecule has 2 rings (SSSR count). The molecular formula is C12H9F3N2. The Morgan fingerprint density at radius 3 is 2.41 bits per heavy atom. The van der Waals surface area contributed by atoms with Crippen LogP contribution in [0.15, 0.2) is 24.4 Å². The number of halogens is 3. The number of rotatable bonds is 1. The van der Waals surface area contributed by atoms with E-state index in [4.69, 9.17) is 5.73 Å². The van der Waals surface area contributed by atoms with E-state index in [-0.39, 0.29) is 16.9 Å². The summed E-state index contributed by atoms with van der Waals surface area (Å²) < 4.78 is 39.6. The lowest BCUT2D eigenvalue weighted by molar-refractivity contribution is 0.449. The molecule has 0 amide bonds. The van der Waals surface area contributed by atoms with Crippen molar-refractivity contribution >= 4 is 5.82 Å². The third-order valence-corrected chi connectivity index (χ3v) is 2.49. The molecule has 2 N–H and O–H groups in total. The summed E-state index contributed by atoms with van der Waals surface area (Å²) in [5.41, 5.74) is 6.45. The van der Waals surface area contributed by atoms with Gasteiger partial charge >= 0.3 is 0 Å². The number of nitrogens with zero attached hydrogens (tertiary/aromatic N) is 1. The summed E-state index contributed by atoms with van der Waals surface area (Å²) in [5, 5.41) is 0. The molecule has 0 aliphatic rings. The van der Waals surface area contributed by atoms with Crippen LogP contribution in [0.2, 0.25) is 0 Å². The summed E-state index contributed by atoms with van der Waals surface area (Å²) in [4.78, 5) is 3.80. The smallest absolute Gasteiger partial charge is 0.195 e. The number of anilines is 1. The van der Waals surface area contributed by atoms with E-state index in [0.29, 0.717) is 5.56 Å². The van der Waals surface area contributed by atoms with Gasteiger partial charge in [-0.1, -0.05) is 0 Å². The minimum atomic E-state index is -1.51. The first kappa shape index (κ1) is 11.4. The van der Waals surface area contributed by atoms with Gasteiger partial charge in [-0.3, -0.25) is 0 Å². The van der Waals surface area contributed by atoms with Crippen LogP contribution in [-0.4, -0.2) is 4.98 Å². The molecule has 0 spiro atoms. The van der Waals surface area contributed by atoms with Crippen molar-refractivity contribution in [3.63, 3.8) is 0 Å². The van der Waals surface area contributed by atoms with Crippen molar-refractivity contribution in [2.45, 2.75) is 6.92 Å². The van der Waals surface area contributed by atoms with Crippen molar-refractivity contribution in [2.24, 2.45) is 0 Å². The fraction of sp³-hybridized carbons (Fsp3) is 0.0833. The van der Waals surface area contributed by atoms with E-state index in [2.05, 4.69) is 4.98 Å². The Morgan fingerprint density at radius 1 is 1.06 bits per heavy atom. The van der Waals surface area contributed by atoms with Gasteiger partial charge in [0.2, 0.25) is 0 Å². The third-order valence-electron chi connectivity index (χ3n) is 2.49. The fourth-order valence-corrected chi connectivity index (χ4v) is 1.65.